The van der Waals surface area contributed by atoms with Crippen LogP contribution in [0.15, 0.2) is 48.5 Å². The molecule has 0 bridgehead atoms. The standard InChI is InChI=1S/C23H20FN3O2S/c24-17-7-5-15(6-8-17)21(28)26-23-25-20-18(9-10-19(20)30-23)22(29)27-12-11-14-3-1-2-4-16(14)13-27/h1-8,18H,9-13H2,(H,25,26,28)/t18-/m1/s1. The normalized spacial score (nSPS) is 17.4. The van der Waals surface area contributed by atoms with Crippen LogP contribution in [-0.2, 0) is 24.2 Å². The molecule has 1 aromatic heterocycles. The number of carbonyl (C=O) groups excluding carboxylic acids is 2. The van der Waals surface area contributed by atoms with Crippen LogP contribution in [0.1, 0.15) is 44.4 Å². The number of hydrogen-bond donors (Lipinski definition) is 1. The minimum Gasteiger partial charge on any atom is -0.337 e. The van der Waals surface area contributed by atoms with Crippen molar-refractivity contribution in [3.05, 3.63) is 81.6 Å². The van der Waals surface area contributed by atoms with Crippen LogP contribution in [0.3, 0.4) is 0 Å². The number of anilines is 1. The topological polar surface area (TPSA) is 62.3 Å². The van der Waals surface area contributed by atoms with Crippen molar-refractivity contribution in [1.29, 1.82) is 0 Å². The lowest BCUT2D eigenvalue weighted by Gasteiger charge is -2.30. The highest BCUT2D eigenvalue weighted by Gasteiger charge is 2.36. The maximum atomic E-state index is 13.2. The van der Waals surface area contributed by atoms with Gasteiger partial charge in [-0.2, -0.15) is 0 Å². The number of carbonyl (C=O) groups is 2. The molecule has 1 atom stereocenters. The molecule has 5 rings (SSSR count). The van der Waals surface area contributed by atoms with Gasteiger partial charge in [0.05, 0.1) is 11.6 Å². The molecule has 2 aliphatic rings. The van der Waals surface area contributed by atoms with E-state index in [1.165, 1.54) is 46.7 Å². The Morgan fingerprint density at radius 2 is 1.83 bits per heavy atom. The molecule has 2 heterocycles. The van der Waals surface area contributed by atoms with E-state index in [0.29, 0.717) is 17.2 Å². The van der Waals surface area contributed by atoms with Gasteiger partial charge in [-0.3, -0.25) is 14.9 Å². The fourth-order valence-corrected chi connectivity index (χ4v) is 5.23. The maximum absolute atomic E-state index is 13.2. The summed E-state index contributed by atoms with van der Waals surface area (Å²) in [5.74, 6) is -0.859. The fraction of sp³-hybridized carbons (Fsp3) is 0.261. The highest BCUT2D eigenvalue weighted by Crippen LogP contribution is 2.40. The molecule has 0 radical (unpaired) electrons. The smallest absolute Gasteiger partial charge is 0.257 e. The second-order valence-corrected chi connectivity index (χ2v) is 8.74. The van der Waals surface area contributed by atoms with Gasteiger partial charge >= 0.3 is 0 Å². The van der Waals surface area contributed by atoms with Crippen LogP contribution in [-0.4, -0.2) is 28.2 Å². The lowest BCUT2D eigenvalue weighted by atomic mass is 9.97. The van der Waals surface area contributed by atoms with E-state index >= 15 is 0 Å². The van der Waals surface area contributed by atoms with Crippen molar-refractivity contribution in [3.8, 4) is 0 Å². The summed E-state index contributed by atoms with van der Waals surface area (Å²) in [5.41, 5.74) is 3.68. The molecule has 7 heteroatoms. The van der Waals surface area contributed by atoms with Crippen LogP contribution in [0.5, 0.6) is 0 Å². The number of aromatic nitrogens is 1. The van der Waals surface area contributed by atoms with Gasteiger partial charge in [-0.1, -0.05) is 24.3 Å². The van der Waals surface area contributed by atoms with Crippen LogP contribution in [0.4, 0.5) is 9.52 Å². The predicted molar refractivity (Wildman–Crippen MR) is 113 cm³/mol. The highest BCUT2D eigenvalue weighted by molar-refractivity contribution is 7.16. The van der Waals surface area contributed by atoms with Crippen molar-refractivity contribution < 1.29 is 14.0 Å². The minimum atomic E-state index is -0.388. The molecule has 30 heavy (non-hydrogen) atoms. The second kappa shape index (κ2) is 7.65. The summed E-state index contributed by atoms with van der Waals surface area (Å²) < 4.78 is 13.1. The zero-order chi connectivity index (χ0) is 20.7. The lowest BCUT2D eigenvalue weighted by Crippen LogP contribution is -2.38. The first kappa shape index (κ1) is 18.9. The molecular formula is C23H20FN3O2S. The average Bonchev–Trinajstić information content (AvgIpc) is 3.33. The lowest BCUT2D eigenvalue weighted by molar-refractivity contribution is -0.133. The molecule has 0 fully saturated rings. The molecule has 152 valence electrons. The van der Waals surface area contributed by atoms with Crippen LogP contribution in [0.2, 0.25) is 0 Å². The molecule has 3 aromatic rings. The highest BCUT2D eigenvalue weighted by atomic mass is 32.1. The third-order valence-corrected chi connectivity index (χ3v) is 6.83. The number of halogens is 1. The third-order valence-electron chi connectivity index (χ3n) is 5.78. The van der Waals surface area contributed by atoms with Crippen LogP contribution in [0.25, 0.3) is 0 Å². The van der Waals surface area contributed by atoms with E-state index in [1.54, 1.807) is 0 Å². The molecule has 0 saturated carbocycles. The SMILES string of the molecule is O=C(Nc1nc2c(s1)CC[C@H]2C(=O)N1CCc2ccccc2C1)c1ccc(F)cc1. The van der Waals surface area contributed by atoms with Gasteiger partial charge in [-0.25, -0.2) is 9.37 Å². The predicted octanol–water partition coefficient (Wildman–Crippen LogP) is 4.15. The van der Waals surface area contributed by atoms with Gasteiger partial charge < -0.3 is 4.90 Å². The van der Waals surface area contributed by atoms with Gasteiger partial charge in [0, 0.05) is 23.5 Å². The van der Waals surface area contributed by atoms with E-state index in [4.69, 9.17) is 0 Å². The maximum Gasteiger partial charge on any atom is 0.257 e. The molecule has 0 saturated heterocycles. The number of nitrogens with one attached hydrogen (secondary N) is 1. The van der Waals surface area contributed by atoms with Crippen molar-refractivity contribution in [2.45, 2.75) is 31.7 Å². The van der Waals surface area contributed by atoms with Gasteiger partial charge in [0.2, 0.25) is 5.91 Å². The second-order valence-electron chi connectivity index (χ2n) is 7.66. The van der Waals surface area contributed by atoms with E-state index in [-0.39, 0.29) is 23.5 Å². The molecule has 1 aliphatic carbocycles. The van der Waals surface area contributed by atoms with Crippen molar-refractivity contribution in [1.82, 2.24) is 9.88 Å². The van der Waals surface area contributed by atoms with Crippen LogP contribution in [0, 0.1) is 5.82 Å². The fourth-order valence-electron chi connectivity index (χ4n) is 4.20. The summed E-state index contributed by atoms with van der Waals surface area (Å²) >= 11 is 1.42. The van der Waals surface area contributed by atoms with Crippen molar-refractivity contribution in [2.24, 2.45) is 0 Å². The largest absolute Gasteiger partial charge is 0.337 e. The molecule has 0 spiro atoms. The van der Waals surface area contributed by atoms with Gasteiger partial charge in [0.15, 0.2) is 5.13 Å². The number of fused-ring (bicyclic) bond motifs is 2. The van der Waals surface area contributed by atoms with Crippen molar-refractivity contribution in [3.63, 3.8) is 0 Å². The minimum absolute atomic E-state index is 0.116. The number of hydrogen-bond acceptors (Lipinski definition) is 4. The van der Waals surface area contributed by atoms with Crippen molar-refractivity contribution >= 4 is 28.3 Å². The average molecular weight is 421 g/mol. The van der Waals surface area contributed by atoms with Gasteiger partial charge in [-0.15, -0.1) is 11.3 Å². The first-order chi connectivity index (χ1) is 14.6. The van der Waals surface area contributed by atoms with E-state index < -0.39 is 0 Å². The Bertz CT molecular complexity index is 1130. The molecule has 1 aliphatic heterocycles. The zero-order valence-corrected chi connectivity index (χ0v) is 17.0. The summed E-state index contributed by atoms with van der Waals surface area (Å²) in [5, 5.41) is 3.26. The third kappa shape index (κ3) is 3.50. The quantitative estimate of drug-likeness (QED) is 0.691. The summed E-state index contributed by atoms with van der Waals surface area (Å²) in [7, 11) is 0. The first-order valence-electron chi connectivity index (χ1n) is 10.0. The summed E-state index contributed by atoms with van der Waals surface area (Å²) in [6.07, 6.45) is 2.43. The van der Waals surface area contributed by atoms with Gasteiger partial charge in [0.25, 0.3) is 5.91 Å². The molecule has 2 aromatic carbocycles. The number of aryl methyl sites for hydroxylation is 1. The first-order valence-corrected chi connectivity index (χ1v) is 10.8. The Balaban J connectivity index is 1.30. The zero-order valence-electron chi connectivity index (χ0n) is 16.2. The molecule has 1 N–H and O–H groups in total. The number of nitrogens with zero attached hydrogens (tertiary/aromatic N) is 2. The number of thiazole rings is 1. The van der Waals surface area contributed by atoms with E-state index in [0.717, 1.165) is 36.4 Å². The molecule has 2 amide bonds. The number of benzene rings is 2. The van der Waals surface area contributed by atoms with Gasteiger partial charge in [-0.05, 0) is 54.7 Å². The Morgan fingerprint density at radius 3 is 2.63 bits per heavy atom. The summed E-state index contributed by atoms with van der Waals surface area (Å²) in [6, 6.07) is 13.6. The Labute approximate surface area is 177 Å². The van der Waals surface area contributed by atoms with E-state index in [9.17, 15) is 14.0 Å². The molecule has 5 nitrogen and oxygen atoms in total. The summed E-state index contributed by atoms with van der Waals surface area (Å²) in [4.78, 5) is 33.2. The van der Waals surface area contributed by atoms with E-state index in [1.807, 2.05) is 17.0 Å². The Hall–Kier alpha value is -3.06. The molecular weight excluding hydrogens is 401 g/mol. The Kier molecular flexibility index (Phi) is 4.83. The summed E-state index contributed by atoms with van der Waals surface area (Å²) in [6.45, 7) is 1.36. The number of amides is 2. The van der Waals surface area contributed by atoms with Gasteiger partial charge in [0.1, 0.15) is 5.82 Å². The monoisotopic (exact) mass is 421 g/mol. The van der Waals surface area contributed by atoms with E-state index in [2.05, 4.69) is 22.4 Å². The van der Waals surface area contributed by atoms with Crippen molar-refractivity contribution in [2.75, 3.05) is 11.9 Å². The molecule has 0 unspecified atom stereocenters. The van der Waals surface area contributed by atoms with Crippen LogP contribution >= 0.6 is 11.3 Å². The number of rotatable bonds is 3. The van der Waals surface area contributed by atoms with Crippen LogP contribution < -0.4 is 5.32 Å². The Morgan fingerprint density at radius 1 is 1.07 bits per heavy atom.